The highest BCUT2D eigenvalue weighted by Crippen LogP contribution is 2.29. The maximum absolute atomic E-state index is 12.4. The fourth-order valence-electron chi connectivity index (χ4n) is 2.40. The van der Waals surface area contributed by atoms with Crippen molar-refractivity contribution in [1.29, 1.82) is 0 Å². The molecule has 0 fully saturated rings. The van der Waals surface area contributed by atoms with E-state index in [1.807, 2.05) is 6.07 Å². The fourth-order valence-corrected chi connectivity index (χ4v) is 2.59. The minimum Gasteiger partial charge on any atom is -0.506 e. The van der Waals surface area contributed by atoms with Crippen LogP contribution in [0.5, 0.6) is 5.75 Å². The van der Waals surface area contributed by atoms with Gasteiger partial charge in [0, 0.05) is 30.3 Å². The first-order valence-electron chi connectivity index (χ1n) is 7.45. The summed E-state index contributed by atoms with van der Waals surface area (Å²) in [6.45, 7) is 3.34. The number of Topliss-reactive ketones (excluding diaryl/α,β-unsaturated/α-hetero) is 1. The van der Waals surface area contributed by atoms with Gasteiger partial charge in [0.15, 0.2) is 5.78 Å². The van der Waals surface area contributed by atoms with Crippen LogP contribution in [0.25, 0.3) is 11.1 Å². The number of aromatic nitrogens is 1. The SMILES string of the molecule is CNC(=O)C(C)(C)CC(=O)c1ncc(-c2cccc(Cl)c2)cc1O. The molecule has 0 spiro atoms. The lowest BCUT2D eigenvalue weighted by Crippen LogP contribution is -2.36. The third-order valence-electron chi connectivity index (χ3n) is 3.73. The van der Waals surface area contributed by atoms with E-state index in [4.69, 9.17) is 11.6 Å². The van der Waals surface area contributed by atoms with Gasteiger partial charge in [0.25, 0.3) is 0 Å². The average Bonchev–Trinajstić information content (AvgIpc) is 2.53. The third-order valence-corrected chi connectivity index (χ3v) is 3.97. The molecule has 0 bridgehead atoms. The highest BCUT2D eigenvalue weighted by atomic mass is 35.5. The number of halogens is 1. The Morgan fingerprint density at radius 3 is 2.54 bits per heavy atom. The molecule has 1 aromatic heterocycles. The van der Waals surface area contributed by atoms with E-state index in [0.29, 0.717) is 10.6 Å². The maximum Gasteiger partial charge on any atom is 0.225 e. The molecule has 1 heterocycles. The van der Waals surface area contributed by atoms with Crippen LogP contribution in [0.1, 0.15) is 30.8 Å². The summed E-state index contributed by atoms with van der Waals surface area (Å²) in [6.07, 6.45) is 1.45. The number of carbonyl (C=O) groups is 2. The molecule has 24 heavy (non-hydrogen) atoms. The van der Waals surface area contributed by atoms with Crippen molar-refractivity contribution >= 4 is 23.3 Å². The van der Waals surface area contributed by atoms with Crippen LogP contribution >= 0.6 is 11.6 Å². The minimum absolute atomic E-state index is 0.0437. The van der Waals surface area contributed by atoms with E-state index in [-0.39, 0.29) is 23.8 Å². The molecule has 0 aliphatic rings. The second-order valence-corrected chi connectivity index (χ2v) is 6.60. The van der Waals surface area contributed by atoms with Crippen molar-refractivity contribution in [2.24, 2.45) is 5.41 Å². The van der Waals surface area contributed by atoms with Crippen LogP contribution < -0.4 is 5.32 Å². The van der Waals surface area contributed by atoms with E-state index < -0.39 is 11.2 Å². The zero-order chi connectivity index (χ0) is 17.9. The Kier molecular flexibility index (Phi) is 5.24. The number of hydrogen-bond acceptors (Lipinski definition) is 4. The highest BCUT2D eigenvalue weighted by molar-refractivity contribution is 6.30. The molecule has 1 amide bonds. The summed E-state index contributed by atoms with van der Waals surface area (Å²) in [6, 6.07) is 8.59. The Balaban J connectivity index is 2.27. The number of aromatic hydroxyl groups is 1. The summed E-state index contributed by atoms with van der Waals surface area (Å²) in [5, 5.41) is 13.3. The zero-order valence-corrected chi connectivity index (χ0v) is 14.5. The molecule has 0 radical (unpaired) electrons. The van der Waals surface area contributed by atoms with Gasteiger partial charge in [-0.2, -0.15) is 0 Å². The van der Waals surface area contributed by atoms with Gasteiger partial charge in [-0.3, -0.25) is 9.59 Å². The molecule has 0 saturated carbocycles. The van der Waals surface area contributed by atoms with Crippen molar-refractivity contribution in [2.75, 3.05) is 7.05 Å². The molecule has 2 rings (SSSR count). The number of pyridine rings is 1. The molecule has 0 aliphatic carbocycles. The first-order valence-corrected chi connectivity index (χ1v) is 7.83. The zero-order valence-electron chi connectivity index (χ0n) is 13.8. The molecular weight excluding hydrogens is 328 g/mol. The quantitative estimate of drug-likeness (QED) is 0.813. The lowest BCUT2D eigenvalue weighted by Gasteiger charge is -2.21. The second kappa shape index (κ2) is 7.01. The molecule has 2 N–H and O–H groups in total. The number of carbonyl (C=O) groups excluding carboxylic acids is 2. The molecule has 0 atom stereocenters. The lowest BCUT2D eigenvalue weighted by atomic mass is 9.85. The van der Waals surface area contributed by atoms with Crippen LogP contribution in [0, 0.1) is 5.41 Å². The molecule has 126 valence electrons. The predicted molar refractivity (Wildman–Crippen MR) is 93.1 cm³/mol. The Hall–Kier alpha value is -2.40. The van der Waals surface area contributed by atoms with Gasteiger partial charge in [-0.1, -0.05) is 37.6 Å². The summed E-state index contributed by atoms with van der Waals surface area (Å²) in [4.78, 5) is 28.3. The van der Waals surface area contributed by atoms with Crippen LogP contribution in [-0.4, -0.2) is 28.8 Å². The largest absolute Gasteiger partial charge is 0.506 e. The second-order valence-electron chi connectivity index (χ2n) is 6.17. The van der Waals surface area contributed by atoms with Crippen LogP contribution in [-0.2, 0) is 4.79 Å². The van der Waals surface area contributed by atoms with Gasteiger partial charge in [0.05, 0.1) is 5.41 Å². The summed E-state index contributed by atoms with van der Waals surface area (Å²) in [5.41, 5.74) is 0.510. The topological polar surface area (TPSA) is 79.3 Å². The summed E-state index contributed by atoms with van der Waals surface area (Å²) in [5.74, 6) is -0.852. The van der Waals surface area contributed by atoms with Gasteiger partial charge in [0.2, 0.25) is 5.91 Å². The van der Waals surface area contributed by atoms with E-state index in [9.17, 15) is 14.7 Å². The Morgan fingerprint density at radius 1 is 1.25 bits per heavy atom. The van der Waals surface area contributed by atoms with Crippen molar-refractivity contribution in [1.82, 2.24) is 10.3 Å². The molecule has 5 nitrogen and oxygen atoms in total. The first-order chi connectivity index (χ1) is 11.2. The molecular formula is C18H19ClN2O3. The fraction of sp³-hybridized carbons (Fsp3) is 0.278. The highest BCUT2D eigenvalue weighted by Gasteiger charge is 2.31. The van der Waals surface area contributed by atoms with Gasteiger partial charge >= 0.3 is 0 Å². The van der Waals surface area contributed by atoms with Gasteiger partial charge in [0.1, 0.15) is 11.4 Å². The van der Waals surface area contributed by atoms with Crippen molar-refractivity contribution in [2.45, 2.75) is 20.3 Å². The Bertz CT molecular complexity index is 788. The predicted octanol–water partition coefficient (Wildman–Crippen LogP) is 3.45. The molecule has 0 aliphatic heterocycles. The normalized spacial score (nSPS) is 11.2. The number of ketones is 1. The Labute approximate surface area is 145 Å². The summed E-state index contributed by atoms with van der Waals surface area (Å²) >= 11 is 5.96. The molecule has 6 heteroatoms. The van der Waals surface area contributed by atoms with Crippen LogP contribution in [0.2, 0.25) is 5.02 Å². The Morgan fingerprint density at radius 2 is 1.96 bits per heavy atom. The number of amides is 1. The van der Waals surface area contributed by atoms with Crippen LogP contribution in [0.15, 0.2) is 36.5 Å². The van der Waals surface area contributed by atoms with Crippen molar-refractivity contribution in [3.8, 4) is 16.9 Å². The van der Waals surface area contributed by atoms with Crippen molar-refractivity contribution < 1.29 is 14.7 Å². The number of hydrogen-bond donors (Lipinski definition) is 2. The molecule has 0 saturated heterocycles. The van der Waals surface area contributed by atoms with Gasteiger partial charge in [-0.25, -0.2) is 4.98 Å². The number of benzene rings is 1. The number of rotatable bonds is 5. The molecule has 0 unspecified atom stereocenters. The van der Waals surface area contributed by atoms with Gasteiger partial charge in [-0.15, -0.1) is 0 Å². The lowest BCUT2D eigenvalue weighted by molar-refractivity contribution is -0.128. The van der Waals surface area contributed by atoms with E-state index in [2.05, 4.69) is 10.3 Å². The van der Waals surface area contributed by atoms with E-state index in [0.717, 1.165) is 5.56 Å². The van der Waals surface area contributed by atoms with E-state index in [1.165, 1.54) is 19.3 Å². The maximum atomic E-state index is 12.4. The number of nitrogens with one attached hydrogen (secondary N) is 1. The van der Waals surface area contributed by atoms with Crippen molar-refractivity contribution in [3.63, 3.8) is 0 Å². The smallest absolute Gasteiger partial charge is 0.225 e. The monoisotopic (exact) mass is 346 g/mol. The van der Waals surface area contributed by atoms with Crippen LogP contribution in [0.4, 0.5) is 0 Å². The molecule has 2 aromatic rings. The molecule has 1 aromatic carbocycles. The third kappa shape index (κ3) is 3.92. The van der Waals surface area contributed by atoms with Crippen LogP contribution in [0.3, 0.4) is 0 Å². The number of nitrogens with zero attached hydrogens (tertiary/aromatic N) is 1. The van der Waals surface area contributed by atoms with Gasteiger partial charge < -0.3 is 10.4 Å². The van der Waals surface area contributed by atoms with Crippen molar-refractivity contribution in [3.05, 3.63) is 47.2 Å². The van der Waals surface area contributed by atoms with E-state index in [1.54, 1.807) is 32.0 Å². The first kappa shape index (κ1) is 17.9. The minimum atomic E-state index is -0.883. The standard InChI is InChI=1S/C18H19ClN2O3/c1-18(2,17(24)20-3)9-15(23)16-14(22)8-12(10-21-16)11-5-4-6-13(19)7-11/h4-8,10,22H,9H2,1-3H3,(H,20,24). The summed E-state index contributed by atoms with van der Waals surface area (Å²) < 4.78 is 0. The van der Waals surface area contributed by atoms with Gasteiger partial charge in [-0.05, 0) is 23.8 Å². The summed E-state index contributed by atoms with van der Waals surface area (Å²) in [7, 11) is 1.52. The van der Waals surface area contributed by atoms with E-state index >= 15 is 0 Å². The average molecular weight is 347 g/mol.